The molecule has 34 heavy (non-hydrogen) atoms. The lowest BCUT2D eigenvalue weighted by Crippen LogP contribution is -2.41. The Bertz CT molecular complexity index is 1020. The summed E-state index contributed by atoms with van der Waals surface area (Å²) >= 11 is 0. The normalized spacial score (nSPS) is 16.1. The average molecular weight is 575 g/mol. The standard InChI is InChI=1S/C25H33N7O.HI/c1-3-26-25(29-17-22-7-4-5-8-23(22)19-32-12-6-11-30-32)28-16-21-9-10-24(27-15-21)31-13-14-33-20(2)18-31;/h4-12,15,20H,3,13-14,16-19H2,1-2H3,(H2,26,28,29);1H. The van der Waals surface area contributed by atoms with E-state index in [0.29, 0.717) is 13.1 Å². The molecular formula is C25H34IN7O. The Labute approximate surface area is 218 Å². The second-order valence-electron chi connectivity index (χ2n) is 8.17. The van der Waals surface area contributed by atoms with E-state index in [4.69, 9.17) is 9.73 Å². The molecule has 1 aliphatic heterocycles. The maximum atomic E-state index is 5.62. The van der Waals surface area contributed by atoms with Gasteiger partial charge in [-0.05, 0) is 42.7 Å². The van der Waals surface area contributed by atoms with Gasteiger partial charge >= 0.3 is 0 Å². The third-order valence-electron chi connectivity index (χ3n) is 5.59. The first kappa shape index (κ1) is 26.0. The molecule has 1 fully saturated rings. The minimum atomic E-state index is 0. The van der Waals surface area contributed by atoms with Crippen molar-refractivity contribution in [1.82, 2.24) is 25.4 Å². The molecule has 0 aliphatic carbocycles. The molecule has 9 heteroatoms. The highest BCUT2D eigenvalue weighted by molar-refractivity contribution is 14.0. The van der Waals surface area contributed by atoms with Crippen molar-refractivity contribution in [2.24, 2.45) is 4.99 Å². The second kappa shape index (κ2) is 13.3. The van der Waals surface area contributed by atoms with Gasteiger partial charge in [-0.2, -0.15) is 5.10 Å². The summed E-state index contributed by atoms with van der Waals surface area (Å²) in [6.07, 6.45) is 5.94. The summed E-state index contributed by atoms with van der Waals surface area (Å²) in [6.45, 7) is 9.48. The van der Waals surface area contributed by atoms with Crippen LogP contribution in [-0.2, 0) is 24.4 Å². The number of hydrogen-bond acceptors (Lipinski definition) is 5. The van der Waals surface area contributed by atoms with E-state index < -0.39 is 0 Å². The number of benzene rings is 1. The fourth-order valence-electron chi connectivity index (χ4n) is 3.87. The molecule has 2 aromatic heterocycles. The van der Waals surface area contributed by atoms with Crippen LogP contribution in [0.15, 0.2) is 66.0 Å². The van der Waals surface area contributed by atoms with Gasteiger partial charge in [-0.25, -0.2) is 9.98 Å². The first-order valence-electron chi connectivity index (χ1n) is 11.6. The van der Waals surface area contributed by atoms with E-state index in [1.807, 2.05) is 23.1 Å². The molecule has 0 saturated carbocycles. The molecule has 0 bridgehead atoms. The second-order valence-corrected chi connectivity index (χ2v) is 8.17. The summed E-state index contributed by atoms with van der Waals surface area (Å²) in [6, 6.07) is 14.5. The van der Waals surface area contributed by atoms with Crippen LogP contribution >= 0.6 is 24.0 Å². The third kappa shape index (κ3) is 7.42. The summed E-state index contributed by atoms with van der Waals surface area (Å²) in [4.78, 5) is 11.7. The largest absolute Gasteiger partial charge is 0.375 e. The van der Waals surface area contributed by atoms with E-state index >= 15 is 0 Å². The van der Waals surface area contributed by atoms with Gasteiger partial charge < -0.3 is 20.3 Å². The van der Waals surface area contributed by atoms with Crippen LogP contribution in [0.1, 0.15) is 30.5 Å². The lowest BCUT2D eigenvalue weighted by molar-refractivity contribution is 0.0529. The Morgan fingerprint density at radius 3 is 2.71 bits per heavy atom. The molecule has 3 aromatic rings. The van der Waals surface area contributed by atoms with E-state index in [-0.39, 0.29) is 30.1 Å². The average Bonchev–Trinajstić information content (AvgIpc) is 3.35. The van der Waals surface area contributed by atoms with E-state index in [1.54, 1.807) is 6.20 Å². The van der Waals surface area contributed by atoms with Crippen molar-refractivity contribution < 1.29 is 4.74 Å². The summed E-state index contributed by atoms with van der Waals surface area (Å²) in [5, 5.41) is 11.1. The van der Waals surface area contributed by atoms with Gasteiger partial charge in [0.05, 0.1) is 25.8 Å². The quantitative estimate of drug-likeness (QED) is 0.244. The van der Waals surface area contributed by atoms with Crippen LogP contribution in [0.25, 0.3) is 0 Å². The molecule has 182 valence electrons. The van der Waals surface area contributed by atoms with Gasteiger partial charge in [0.15, 0.2) is 5.96 Å². The number of nitrogens with one attached hydrogen (secondary N) is 2. The maximum absolute atomic E-state index is 5.62. The Hall–Kier alpha value is -2.66. The van der Waals surface area contributed by atoms with Gasteiger partial charge in [-0.15, -0.1) is 24.0 Å². The molecule has 4 rings (SSSR count). The molecule has 3 heterocycles. The van der Waals surface area contributed by atoms with Crippen LogP contribution in [-0.4, -0.2) is 53.1 Å². The number of morpholine rings is 1. The molecule has 1 aliphatic rings. The Kier molecular flexibility index (Phi) is 10.1. The lowest BCUT2D eigenvalue weighted by atomic mass is 10.1. The van der Waals surface area contributed by atoms with Crippen LogP contribution in [0.2, 0.25) is 0 Å². The number of halogens is 1. The predicted molar refractivity (Wildman–Crippen MR) is 147 cm³/mol. The van der Waals surface area contributed by atoms with Gasteiger partial charge in [0.2, 0.25) is 0 Å². The van der Waals surface area contributed by atoms with Crippen LogP contribution in [0.4, 0.5) is 5.82 Å². The summed E-state index contributed by atoms with van der Waals surface area (Å²) in [5.41, 5.74) is 3.54. The number of aromatic nitrogens is 3. The molecule has 1 atom stereocenters. The van der Waals surface area contributed by atoms with Crippen molar-refractivity contribution >= 4 is 35.8 Å². The lowest BCUT2D eigenvalue weighted by Gasteiger charge is -2.32. The van der Waals surface area contributed by atoms with Crippen LogP contribution in [0, 0.1) is 0 Å². The fraction of sp³-hybridized carbons (Fsp3) is 0.400. The van der Waals surface area contributed by atoms with Crippen molar-refractivity contribution in [3.63, 3.8) is 0 Å². The van der Waals surface area contributed by atoms with Crippen LogP contribution in [0.3, 0.4) is 0 Å². The van der Waals surface area contributed by atoms with Gasteiger partial charge in [0.25, 0.3) is 0 Å². The van der Waals surface area contributed by atoms with Gasteiger partial charge in [-0.1, -0.05) is 30.3 Å². The van der Waals surface area contributed by atoms with E-state index in [0.717, 1.165) is 50.1 Å². The molecule has 1 unspecified atom stereocenters. The summed E-state index contributed by atoms with van der Waals surface area (Å²) in [5.74, 6) is 1.79. The molecule has 1 aromatic carbocycles. The molecule has 0 radical (unpaired) electrons. The molecule has 0 amide bonds. The topological polar surface area (TPSA) is 79.6 Å². The number of nitrogens with zero attached hydrogens (tertiary/aromatic N) is 5. The highest BCUT2D eigenvalue weighted by Crippen LogP contribution is 2.16. The SMILES string of the molecule is CCNC(=NCc1ccc(N2CCOC(C)C2)nc1)NCc1ccccc1Cn1cccn1.I. The predicted octanol–water partition coefficient (Wildman–Crippen LogP) is 3.42. The molecule has 2 N–H and O–H groups in total. The highest BCUT2D eigenvalue weighted by atomic mass is 127. The zero-order valence-corrected chi connectivity index (χ0v) is 22.2. The number of guanidine groups is 1. The number of hydrogen-bond donors (Lipinski definition) is 2. The Balaban J connectivity index is 0.00000324. The van der Waals surface area contributed by atoms with Crippen molar-refractivity contribution in [1.29, 1.82) is 0 Å². The third-order valence-corrected chi connectivity index (χ3v) is 5.59. The van der Waals surface area contributed by atoms with Crippen molar-refractivity contribution in [3.8, 4) is 0 Å². The minimum Gasteiger partial charge on any atom is -0.375 e. The number of ether oxygens (including phenoxy) is 1. The van der Waals surface area contributed by atoms with Gasteiger partial charge in [0.1, 0.15) is 5.82 Å². The zero-order valence-electron chi connectivity index (χ0n) is 19.9. The van der Waals surface area contributed by atoms with E-state index in [9.17, 15) is 0 Å². The van der Waals surface area contributed by atoms with Gasteiger partial charge in [-0.3, -0.25) is 4.68 Å². The van der Waals surface area contributed by atoms with Crippen molar-refractivity contribution in [2.45, 2.75) is 39.6 Å². The number of pyridine rings is 1. The molecular weight excluding hydrogens is 541 g/mol. The Morgan fingerprint density at radius 2 is 2.00 bits per heavy atom. The molecule has 1 saturated heterocycles. The number of rotatable bonds is 8. The summed E-state index contributed by atoms with van der Waals surface area (Å²) in [7, 11) is 0. The van der Waals surface area contributed by atoms with E-state index in [2.05, 4.69) is 75.9 Å². The first-order chi connectivity index (χ1) is 16.2. The minimum absolute atomic E-state index is 0. The molecule has 8 nitrogen and oxygen atoms in total. The van der Waals surface area contributed by atoms with Crippen LogP contribution in [0.5, 0.6) is 0 Å². The monoisotopic (exact) mass is 575 g/mol. The first-order valence-corrected chi connectivity index (χ1v) is 11.6. The number of aliphatic imine (C=N–C) groups is 1. The maximum Gasteiger partial charge on any atom is 0.191 e. The highest BCUT2D eigenvalue weighted by Gasteiger charge is 2.17. The zero-order chi connectivity index (χ0) is 22.9. The van der Waals surface area contributed by atoms with Crippen molar-refractivity contribution in [2.75, 3.05) is 31.1 Å². The van der Waals surface area contributed by atoms with E-state index in [1.165, 1.54) is 11.1 Å². The number of anilines is 1. The van der Waals surface area contributed by atoms with Crippen molar-refractivity contribution in [3.05, 3.63) is 77.7 Å². The smallest absolute Gasteiger partial charge is 0.191 e. The van der Waals surface area contributed by atoms with Crippen LogP contribution < -0.4 is 15.5 Å². The Morgan fingerprint density at radius 1 is 1.15 bits per heavy atom. The fourth-order valence-corrected chi connectivity index (χ4v) is 3.87. The summed E-state index contributed by atoms with van der Waals surface area (Å²) < 4.78 is 7.56. The molecule has 0 spiro atoms. The van der Waals surface area contributed by atoms with Gasteiger partial charge in [0, 0.05) is 44.8 Å².